The fraction of sp³-hybridized carbons (Fsp3) is 1.00. The van der Waals surface area contributed by atoms with E-state index in [0.29, 0.717) is 16.2 Å². The molecule has 0 radical (unpaired) electrons. The van der Waals surface area contributed by atoms with Crippen molar-refractivity contribution in [3.8, 4) is 0 Å². The lowest BCUT2D eigenvalue weighted by molar-refractivity contribution is 0.190. The van der Waals surface area contributed by atoms with Crippen LogP contribution >= 0.6 is 0 Å². The van der Waals surface area contributed by atoms with Crippen molar-refractivity contribution in [3.63, 3.8) is 0 Å². The summed E-state index contributed by atoms with van der Waals surface area (Å²) in [5.74, 6) is 21.0. The first-order valence-corrected chi connectivity index (χ1v) is 50.7. The molecule has 9 atom stereocenters. The van der Waals surface area contributed by atoms with Crippen LogP contribution in [0.3, 0.4) is 0 Å². The molecule has 0 aliphatic heterocycles. The van der Waals surface area contributed by atoms with Gasteiger partial charge in [-0.2, -0.15) is 0 Å². The van der Waals surface area contributed by atoms with Crippen molar-refractivity contribution in [2.45, 2.75) is 546 Å². The molecule has 1 spiro atoms. The van der Waals surface area contributed by atoms with E-state index in [1.165, 1.54) is 263 Å². The predicted octanol–water partition coefficient (Wildman–Crippen LogP) is 39.1. The van der Waals surface area contributed by atoms with E-state index in [0.717, 1.165) is 140 Å². The van der Waals surface area contributed by atoms with Crippen molar-refractivity contribution in [1.29, 1.82) is 0 Å². The maximum absolute atomic E-state index is 2.37. The van der Waals surface area contributed by atoms with E-state index >= 15 is 0 Å². The molecule has 658 valence electrons. The summed E-state index contributed by atoms with van der Waals surface area (Å²) in [6, 6.07) is 0. The first kappa shape index (κ1) is 111. The Balaban J connectivity index is 0. The van der Waals surface area contributed by atoms with Crippen LogP contribution in [-0.2, 0) is 0 Å². The van der Waals surface area contributed by atoms with Crippen molar-refractivity contribution in [2.24, 2.45) is 156 Å². The van der Waals surface area contributed by atoms with Gasteiger partial charge < -0.3 is 0 Å². The highest BCUT2D eigenvalue weighted by Gasteiger charge is 2.59. The molecule has 0 bridgehead atoms. The maximum Gasteiger partial charge on any atom is -0.0268 e. The van der Waals surface area contributed by atoms with E-state index in [4.69, 9.17) is 0 Å². The topological polar surface area (TPSA) is 0 Å². The largest absolute Gasteiger partial charge is 0.0654 e. The molecule has 0 aromatic heterocycles. The third-order valence-corrected chi connectivity index (χ3v) is 31.8. The van der Waals surface area contributed by atoms with E-state index in [1.54, 1.807) is 19.3 Å². The Morgan fingerprint density at radius 2 is 0.688 bits per heavy atom. The molecule has 0 aromatic carbocycles. The standard InChI is InChI=1S/C7H16.C6H10.14C6H12.2C6H14/c1-3-5-7-6-4-2;1-5-4-6(5)2-3-6;2*1-5-4-6(5,2)3;1-5-3-6(2)4-5;1-6(2)4-3-5-6;1-5-3-4-6(5)2;1-5(2)6-3-4-6;1-4-5(2)6(4)3;1-6-4-2-3-5-6;2*1-3-6(2)4-5-6;2*1-3-6-4-5(6)2;1-2-6-4-3-5-6;1-2-3-6-4-5-6;1-5-6(2,3)4;1-4-6(3)5-2/h3-7H2,1-2H3;5H,2-4H2,1H3;2*5H,4H2,1-3H3;5-6H,3-4H2,1-2H3;3-5H2,1-2H3;2*5-6H,3-4H2,1-2H3;4-6H,1-3H3;6H,2-5H2,1H3;2*3-5H2,1-2H3;2*5-6H,3-4H2,1-2H3;2*6H,2-5H2,1H3;5H2,1-4H3;6H,4-5H2,1-3H3/t;2*5-;;;;5-,6?;;;;;;5-,6?;;;;;/m.00...1.....0...../s1. The molecular formula is C109H222. The van der Waals surface area contributed by atoms with Gasteiger partial charge in [-0.1, -0.05) is 436 Å². The van der Waals surface area contributed by atoms with Crippen molar-refractivity contribution in [1.82, 2.24) is 0 Å². The second-order valence-corrected chi connectivity index (χ2v) is 46.4. The highest BCUT2D eigenvalue weighted by atomic mass is 14.6. The number of unbranched alkanes of at least 4 members (excludes halogenated alkanes) is 4. The van der Waals surface area contributed by atoms with Crippen LogP contribution in [0.4, 0.5) is 0 Å². The van der Waals surface area contributed by atoms with Gasteiger partial charge in [-0.25, -0.2) is 0 Å². The quantitative estimate of drug-likeness (QED) is 0.152. The van der Waals surface area contributed by atoms with Crippen LogP contribution in [0.15, 0.2) is 0 Å². The van der Waals surface area contributed by atoms with Gasteiger partial charge in [0.05, 0.1) is 0 Å². The van der Waals surface area contributed by atoms with Gasteiger partial charge >= 0.3 is 0 Å². The lowest BCUT2D eigenvalue weighted by atomic mass is 9.72. The Hall–Kier alpha value is 0. The fourth-order valence-electron chi connectivity index (χ4n) is 14.4. The van der Waals surface area contributed by atoms with Gasteiger partial charge in [-0.05, 0) is 265 Å². The first-order valence-electron chi connectivity index (χ1n) is 50.7. The Kier molecular flexibility index (Phi) is 59.1. The van der Waals surface area contributed by atoms with Gasteiger partial charge in [0.15, 0.2) is 0 Å². The second-order valence-electron chi connectivity index (χ2n) is 46.4. The Morgan fingerprint density at radius 1 is 0.349 bits per heavy atom. The minimum atomic E-state index is 0.542. The van der Waals surface area contributed by atoms with E-state index in [1.807, 2.05) is 0 Å². The minimum Gasteiger partial charge on any atom is -0.0654 e. The third kappa shape index (κ3) is 63.7. The summed E-state index contributed by atoms with van der Waals surface area (Å²) >= 11 is 0. The number of rotatable bonds is 14. The summed E-state index contributed by atoms with van der Waals surface area (Å²) < 4.78 is 0. The summed E-state index contributed by atoms with van der Waals surface area (Å²) in [6.07, 6.45) is 64.0. The zero-order valence-electron chi connectivity index (χ0n) is 84.2. The van der Waals surface area contributed by atoms with Crippen LogP contribution in [0.2, 0.25) is 0 Å². The molecule has 16 aliphatic carbocycles. The number of hydrogen-bond acceptors (Lipinski definition) is 0. The van der Waals surface area contributed by atoms with Gasteiger partial charge in [0.2, 0.25) is 0 Å². The van der Waals surface area contributed by atoms with Gasteiger partial charge in [0.1, 0.15) is 0 Å². The predicted molar refractivity (Wildman–Crippen MR) is 506 cm³/mol. The summed E-state index contributed by atoms with van der Waals surface area (Å²) in [4.78, 5) is 0. The lowest BCUT2D eigenvalue weighted by Gasteiger charge is -2.33. The van der Waals surface area contributed by atoms with Gasteiger partial charge in [0, 0.05) is 0 Å². The molecule has 0 nitrogen and oxygen atoms in total. The maximum atomic E-state index is 2.37. The summed E-state index contributed by atoms with van der Waals surface area (Å²) in [5.41, 5.74) is 5.22. The van der Waals surface area contributed by atoms with Crippen LogP contribution < -0.4 is 0 Å². The molecule has 0 amide bonds. The SMILES string of the molecule is CC(C)C1CC1.CC1(C)CCC1.CC1C(C)C1C.CC1CC(C)C1.CC1CC1(C)C.CC1CCCC1.CC1CC[C@H]1C.CCC(C)(C)C.CCC(C)CC.CCC1(C)CC1.CCC1(C)CC1.CCC1CC1C.CCC1CCC1.CCC1C[C@@H]1C.CCCC1CC1.CCCCCCC.C[C@H]1CC1(C)C.C[C@H]1CC12CC2. The van der Waals surface area contributed by atoms with Crippen LogP contribution in [0.25, 0.3) is 0 Å². The summed E-state index contributed by atoms with van der Waals surface area (Å²) in [7, 11) is 0. The molecule has 16 aliphatic rings. The average molecular weight is 1530 g/mol. The van der Waals surface area contributed by atoms with Crippen LogP contribution in [0, 0.1) is 156 Å². The molecule has 16 rings (SSSR count). The van der Waals surface area contributed by atoms with Gasteiger partial charge in [0.25, 0.3) is 0 Å². The summed E-state index contributed by atoms with van der Waals surface area (Å²) in [6.45, 7) is 87.3. The summed E-state index contributed by atoms with van der Waals surface area (Å²) in [5, 5.41) is 0. The Morgan fingerprint density at radius 3 is 0.725 bits per heavy atom. The normalized spacial score (nSPS) is 31.2. The molecule has 0 heteroatoms. The van der Waals surface area contributed by atoms with E-state index in [-0.39, 0.29) is 0 Å². The van der Waals surface area contributed by atoms with Gasteiger partial charge in [-0.3, -0.25) is 0 Å². The minimum absolute atomic E-state index is 0.542. The molecule has 0 saturated heterocycles. The van der Waals surface area contributed by atoms with Crippen molar-refractivity contribution >= 4 is 0 Å². The molecule has 109 heavy (non-hydrogen) atoms. The Bertz CT molecular complexity index is 1820. The van der Waals surface area contributed by atoms with E-state index < -0.39 is 0 Å². The monoisotopic (exact) mass is 1530 g/mol. The van der Waals surface area contributed by atoms with E-state index in [2.05, 4.69) is 263 Å². The molecule has 5 unspecified atom stereocenters. The lowest BCUT2D eigenvalue weighted by Crippen LogP contribution is -2.20. The zero-order valence-corrected chi connectivity index (χ0v) is 84.2. The highest BCUT2D eigenvalue weighted by Crippen LogP contribution is 2.70. The van der Waals surface area contributed by atoms with E-state index in [9.17, 15) is 0 Å². The smallest absolute Gasteiger partial charge is 0.0268 e. The molecule has 16 saturated carbocycles. The third-order valence-electron chi connectivity index (χ3n) is 31.8. The van der Waals surface area contributed by atoms with Crippen molar-refractivity contribution in [2.75, 3.05) is 0 Å². The Labute approximate surface area is 697 Å². The van der Waals surface area contributed by atoms with Crippen LogP contribution in [-0.4, -0.2) is 0 Å². The molecule has 0 aromatic rings. The van der Waals surface area contributed by atoms with Crippen molar-refractivity contribution in [3.05, 3.63) is 0 Å². The van der Waals surface area contributed by atoms with Gasteiger partial charge in [-0.15, -0.1) is 0 Å². The second kappa shape index (κ2) is 58.0. The zero-order chi connectivity index (χ0) is 84.2. The fourth-order valence-corrected chi connectivity index (χ4v) is 14.4. The number of hydrogen-bond donors (Lipinski definition) is 0. The average Bonchev–Trinajstić information content (AvgIpc) is 1.56. The molecule has 0 N–H and O–H groups in total. The first-order chi connectivity index (χ1) is 50.7. The molecule has 16 fully saturated rings. The van der Waals surface area contributed by atoms with Crippen LogP contribution in [0.5, 0.6) is 0 Å². The van der Waals surface area contributed by atoms with Crippen LogP contribution in [0.1, 0.15) is 546 Å². The highest BCUT2D eigenvalue weighted by molar-refractivity contribution is 5.10. The molecule has 0 heterocycles. The molecular weight excluding hydrogens is 1310 g/mol. The van der Waals surface area contributed by atoms with Crippen molar-refractivity contribution < 1.29 is 0 Å².